The van der Waals surface area contributed by atoms with Gasteiger partial charge in [-0.15, -0.1) is 0 Å². The molecule has 2 nitrogen and oxygen atoms in total. The molecule has 18 heavy (non-hydrogen) atoms. The number of hydrogen-bond acceptors (Lipinski definition) is 0. The first-order chi connectivity index (χ1) is 8.82. The summed E-state index contributed by atoms with van der Waals surface area (Å²) in [6, 6.07) is 18.5. The van der Waals surface area contributed by atoms with E-state index in [0.717, 1.165) is 0 Å². The Morgan fingerprint density at radius 3 is 1.56 bits per heavy atom. The fourth-order valence-corrected chi connectivity index (χ4v) is 2.88. The highest BCUT2D eigenvalue weighted by Crippen LogP contribution is 2.35. The minimum absolute atomic E-state index is 0.415. The van der Waals surface area contributed by atoms with E-state index >= 15 is 0 Å². The van der Waals surface area contributed by atoms with Gasteiger partial charge in [0, 0.05) is 30.4 Å². The lowest BCUT2D eigenvalue weighted by atomic mass is 10.1. The average Bonchev–Trinajstić information content (AvgIpc) is 3.12. The number of rotatable bonds is 3. The van der Waals surface area contributed by atoms with Crippen LogP contribution in [0.3, 0.4) is 0 Å². The van der Waals surface area contributed by atoms with Crippen molar-refractivity contribution in [1.29, 1.82) is 0 Å². The molecule has 0 fully saturated rings. The Kier molecular flexibility index (Phi) is 2.84. The Balaban J connectivity index is 2.22. The molecule has 0 unspecified atom stereocenters. The molecule has 0 aliphatic rings. The number of nitrogens with zero attached hydrogens (tertiary/aromatic N) is 2. The summed E-state index contributed by atoms with van der Waals surface area (Å²) < 4.78 is 3.87. The Bertz CT molecular complexity index is 563. The lowest BCUT2D eigenvalue weighted by Crippen LogP contribution is -2.34. The minimum atomic E-state index is -0.415. The smallest absolute Gasteiger partial charge is 0.203 e. The van der Waals surface area contributed by atoms with Gasteiger partial charge in [-0.05, 0) is 40.2 Å². The van der Waals surface area contributed by atoms with Crippen molar-refractivity contribution in [1.82, 2.24) is 9.13 Å². The van der Waals surface area contributed by atoms with Crippen LogP contribution in [0.4, 0.5) is 0 Å². The zero-order chi connectivity index (χ0) is 12.4. The maximum Gasteiger partial charge on any atom is 0.203 e. The molecule has 0 atom stereocenters. The second kappa shape index (κ2) is 4.50. The fourth-order valence-electron chi connectivity index (χ4n) is 2.15. The van der Waals surface area contributed by atoms with Gasteiger partial charge in [-0.1, -0.05) is 30.3 Å². The summed E-state index contributed by atoms with van der Waals surface area (Å²) in [6.07, 6.45) is 8.23. The summed E-state index contributed by atoms with van der Waals surface area (Å²) >= 11 is 3.89. The van der Waals surface area contributed by atoms with Crippen molar-refractivity contribution in [3.63, 3.8) is 0 Å². The Labute approximate surface area is 115 Å². The van der Waals surface area contributed by atoms with Crippen molar-refractivity contribution < 1.29 is 0 Å². The SMILES string of the molecule is BrC(c1ccccc1)(n1cccc1)n1cccc1. The van der Waals surface area contributed by atoms with Crippen molar-refractivity contribution in [2.75, 3.05) is 0 Å². The molecule has 0 amide bonds. The molecule has 0 N–H and O–H groups in total. The second-order valence-electron chi connectivity index (χ2n) is 4.13. The summed E-state index contributed by atoms with van der Waals surface area (Å²) in [5, 5.41) is 0. The maximum atomic E-state index is 3.89. The van der Waals surface area contributed by atoms with E-state index in [0.29, 0.717) is 0 Å². The molecule has 0 bridgehead atoms. The van der Waals surface area contributed by atoms with Crippen molar-refractivity contribution >= 4 is 15.9 Å². The molecular formula is C15H13BrN2. The monoisotopic (exact) mass is 300 g/mol. The van der Waals surface area contributed by atoms with E-state index in [-0.39, 0.29) is 0 Å². The van der Waals surface area contributed by atoms with Gasteiger partial charge in [0.05, 0.1) is 0 Å². The number of benzene rings is 1. The molecule has 0 aliphatic carbocycles. The first kappa shape index (κ1) is 11.4. The second-order valence-corrected chi connectivity index (χ2v) is 5.24. The molecule has 2 heterocycles. The normalized spacial score (nSPS) is 11.6. The zero-order valence-corrected chi connectivity index (χ0v) is 11.4. The van der Waals surface area contributed by atoms with Gasteiger partial charge in [-0.3, -0.25) is 0 Å². The van der Waals surface area contributed by atoms with Crippen molar-refractivity contribution in [2.24, 2.45) is 0 Å². The highest BCUT2D eigenvalue weighted by Gasteiger charge is 2.31. The van der Waals surface area contributed by atoms with Gasteiger partial charge in [0.2, 0.25) is 4.57 Å². The lowest BCUT2D eigenvalue weighted by molar-refractivity contribution is 0.463. The van der Waals surface area contributed by atoms with Crippen molar-refractivity contribution in [3.8, 4) is 0 Å². The number of alkyl halides is 1. The minimum Gasteiger partial charge on any atom is -0.318 e. The van der Waals surface area contributed by atoms with Crippen LogP contribution in [0.5, 0.6) is 0 Å². The van der Waals surface area contributed by atoms with E-state index in [2.05, 4.69) is 74.1 Å². The van der Waals surface area contributed by atoms with Gasteiger partial charge in [-0.2, -0.15) is 0 Å². The molecule has 2 aromatic heterocycles. The zero-order valence-electron chi connectivity index (χ0n) is 9.78. The van der Waals surface area contributed by atoms with E-state index < -0.39 is 4.57 Å². The van der Waals surface area contributed by atoms with Gasteiger partial charge in [0.15, 0.2) is 0 Å². The molecule has 90 valence electrons. The summed E-state index contributed by atoms with van der Waals surface area (Å²) in [7, 11) is 0. The van der Waals surface area contributed by atoms with Gasteiger partial charge in [0.25, 0.3) is 0 Å². The molecule has 1 aromatic carbocycles. The molecule has 0 spiro atoms. The Morgan fingerprint density at radius 1 is 0.667 bits per heavy atom. The van der Waals surface area contributed by atoms with Crippen LogP contribution in [-0.2, 0) is 4.57 Å². The van der Waals surface area contributed by atoms with E-state index in [1.165, 1.54) is 5.56 Å². The van der Waals surface area contributed by atoms with Crippen LogP contribution in [0.15, 0.2) is 79.4 Å². The first-order valence-corrected chi connectivity index (χ1v) is 6.62. The molecule has 0 saturated heterocycles. The largest absolute Gasteiger partial charge is 0.318 e. The van der Waals surface area contributed by atoms with Crippen LogP contribution in [0, 0.1) is 0 Å². The summed E-state index contributed by atoms with van der Waals surface area (Å²) in [4.78, 5) is 0. The highest BCUT2D eigenvalue weighted by atomic mass is 79.9. The quantitative estimate of drug-likeness (QED) is 0.650. The third kappa shape index (κ3) is 1.71. The van der Waals surface area contributed by atoms with E-state index in [4.69, 9.17) is 0 Å². The summed E-state index contributed by atoms with van der Waals surface area (Å²) in [6.45, 7) is 0. The van der Waals surface area contributed by atoms with Crippen LogP contribution in [0.25, 0.3) is 0 Å². The molecule has 3 rings (SSSR count). The van der Waals surface area contributed by atoms with Crippen LogP contribution < -0.4 is 0 Å². The lowest BCUT2D eigenvalue weighted by Gasteiger charge is -2.32. The predicted octanol–water partition coefficient (Wildman–Crippen LogP) is 3.89. The fraction of sp³-hybridized carbons (Fsp3) is 0.0667. The van der Waals surface area contributed by atoms with E-state index in [9.17, 15) is 0 Å². The Hall–Kier alpha value is -1.74. The van der Waals surface area contributed by atoms with Crippen molar-refractivity contribution in [3.05, 3.63) is 84.9 Å². The van der Waals surface area contributed by atoms with Crippen LogP contribution in [-0.4, -0.2) is 9.13 Å². The molecule has 3 heteroatoms. The molecule has 0 radical (unpaired) electrons. The Morgan fingerprint density at radius 2 is 1.11 bits per heavy atom. The predicted molar refractivity (Wildman–Crippen MR) is 76.7 cm³/mol. The maximum absolute atomic E-state index is 3.89. The standard InChI is InChI=1S/C15H13BrN2/c16-15(17-10-4-5-11-17,18-12-6-7-13-18)14-8-2-1-3-9-14/h1-13H. The third-order valence-corrected chi connectivity index (χ3v) is 4.31. The molecular weight excluding hydrogens is 288 g/mol. The average molecular weight is 301 g/mol. The number of hydrogen-bond donors (Lipinski definition) is 0. The number of aromatic nitrogens is 2. The topological polar surface area (TPSA) is 9.86 Å². The molecule has 0 saturated carbocycles. The highest BCUT2D eigenvalue weighted by molar-refractivity contribution is 9.09. The summed E-state index contributed by atoms with van der Waals surface area (Å²) in [5.74, 6) is 0. The van der Waals surface area contributed by atoms with Gasteiger partial charge in [-0.25, -0.2) is 0 Å². The van der Waals surface area contributed by atoms with Gasteiger partial charge in [0.1, 0.15) is 0 Å². The first-order valence-electron chi connectivity index (χ1n) is 5.83. The van der Waals surface area contributed by atoms with Gasteiger partial charge < -0.3 is 9.13 Å². The summed E-state index contributed by atoms with van der Waals surface area (Å²) in [5.41, 5.74) is 1.18. The molecule has 0 aliphatic heterocycles. The van der Waals surface area contributed by atoms with Crippen LogP contribution in [0.2, 0.25) is 0 Å². The van der Waals surface area contributed by atoms with E-state index in [1.807, 2.05) is 30.3 Å². The van der Waals surface area contributed by atoms with Crippen molar-refractivity contribution in [2.45, 2.75) is 4.57 Å². The van der Waals surface area contributed by atoms with Gasteiger partial charge >= 0.3 is 0 Å². The van der Waals surface area contributed by atoms with E-state index in [1.54, 1.807) is 0 Å². The third-order valence-electron chi connectivity index (χ3n) is 3.03. The number of halogens is 1. The van der Waals surface area contributed by atoms with Crippen LogP contribution in [0.1, 0.15) is 5.56 Å². The van der Waals surface area contributed by atoms with Crippen LogP contribution >= 0.6 is 15.9 Å². The molecule has 3 aromatic rings.